The molecule has 0 aliphatic carbocycles. The van der Waals surface area contributed by atoms with Crippen LogP contribution >= 0.6 is 11.8 Å². The molecule has 1 aliphatic rings. The second-order valence-corrected chi connectivity index (χ2v) is 11.3. The quantitative estimate of drug-likeness (QED) is 0.207. The van der Waals surface area contributed by atoms with E-state index in [0.717, 1.165) is 41.7 Å². The van der Waals surface area contributed by atoms with Gasteiger partial charge in [0, 0.05) is 29.6 Å². The molecule has 0 unspecified atom stereocenters. The number of ether oxygens (including phenoxy) is 1. The number of nitrogens with two attached hydrogens (primary N) is 1. The van der Waals surface area contributed by atoms with Crippen molar-refractivity contribution in [2.24, 2.45) is 5.73 Å². The summed E-state index contributed by atoms with van der Waals surface area (Å²) in [6.07, 6.45) is 4.38. The molecule has 0 saturated carbocycles. The molecule has 3 aromatic carbocycles. The van der Waals surface area contributed by atoms with Gasteiger partial charge in [-0.3, -0.25) is 19.4 Å². The minimum atomic E-state index is -0.639. The predicted octanol–water partition coefficient (Wildman–Crippen LogP) is 5.83. The van der Waals surface area contributed by atoms with Gasteiger partial charge >= 0.3 is 5.97 Å². The minimum Gasteiger partial charge on any atom is -0.462 e. The summed E-state index contributed by atoms with van der Waals surface area (Å²) in [4.78, 5) is 42.0. The van der Waals surface area contributed by atoms with E-state index in [1.807, 2.05) is 17.8 Å². The van der Waals surface area contributed by atoms with Gasteiger partial charge in [0.1, 0.15) is 6.10 Å². The van der Waals surface area contributed by atoms with E-state index in [2.05, 4.69) is 15.6 Å². The molecule has 43 heavy (non-hydrogen) atoms. The first-order chi connectivity index (χ1) is 20.9. The van der Waals surface area contributed by atoms with Gasteiger partial charge in [0.15, 0.2) is 5.82 Å². The summed E-state index contributed by atoms with van der Waals surface area (Å²) in [6.45, 7) is 0.215. The van der Waals surface area contributed by atoms with Crippen molar-refractivity contribution in [1.29, 1.82) is 0 Å². The lowest BCUT2D eigenvalue weighted by Crippen LogP contribution is -2.23. The number of rotatable bonds is 9. The molecular formula is C33H31FN4O4S. The van der Waals surface area contributed by atoms with Gasteiger partial charge in [-0.15, -0.1) is 0 Å². The van der Waals surface area contributed by atoms with E-state index in [1.54, 1.807) is 60.7 Å². The van der Waals surface area contributed by atoms with E-state index >= 15 is 0 Å². The van der Waals surface area contributed by atoms with Crippen LogP contribution in [0.3, 0.4) is 0 Å². The Kier molecular flexibility index (Phi) is 9.81. The number of pyridine rings is 1. The van der Waals surface area contributed by atoms with E-state index in [0.29, 0.717) is 27.9 Å². The van der Waals surface area contributed by atoms with Crippen LogP contribution in [0.4, 0.5) is 15.8 Å². The molecule has 1 aliphatic heterocycles. The van der Waals surface area contributed by atoms with Crippen molar-refractivity contribution in [3.8, 4) is 11.1 Å². The number of anilines is 2. The Morgan fingerprint density at radius 2 is 1.67 bits per heavy atom. The van der Waals surface area contributed by atoms with Crippen molar-refractivity contribution >= 4 is 40.9 Å². The largest absolute Gasteiger partial charge is 0.462 e. The highest BCUT2D eigenvalue weighted by molar-refractivity contribution is 7.99. The van der Waals surface area contributed by atoms with Crippen LogP contribution in [-0.4, -0.2) is 40.4 Å². The lowest BCUT2D eigenvalue weighted by atomic mass is 9.95. The molecule has 1 aromatic heterocycles. The molecule has 0 atom stereocenters. The Labute approximate surface area is 253 Å². The van der Waals surface area contributed by atoms with Crippen molar-refractivity contribution in [1.82, 2.24) is 4.98 Å². The third kappa shape index (κ3) is 7.85. The minimum absolute atomic E-state index is 0.000247. The van der Waals surface area contributed by atoms with Crippen LogP contribution in [0.2, 0.25) is 0 Å². The topological polar surface area (TPSA) is 123 Å². The monoisotopic (exact) mass is 598 g/mol. The molecule has 2 amide bonds. The maximum Gasteiger partial charge on any atom is 0.310 e. The average molecular weight is 599 g/mol. The Balaban J connectivity index is 1.26. The van der Waals surface area contributed by atoms with Crippen LogP contribution in [0.25, 0.3) is 11.1 Å². The van der Waals surface area contributed by atoms with Gasteiger partial charge in [-0.25, -0.2) is 4.39 Å². The maximum absolute atomic E-state index is 14.0. The number of benzene rings is 3. The van der Waals surface area contributed by atoms with Gasteiger partial charge < -0.3 is 21.1 Å². The smallest absolute Gasteiger partial charge is 0.310 e. The number of amides is 2. The molecule has 2 heterocycles. The first-order valence-electron chi connectivity index (χ1n) is 13.9. The molecule has 5 rings (SSSR count). The first-order valence-corrected chi connectivity index (χ1v) is 15.1. The number of nitrogens with zero attached hydrogens (tertiary/aromatic N) is 1. The van der Waals surface area contributed by atoms with Crippen LogP contribution in [0.1, 0.15) is 44.7 Å². The van der Waals surface area contributed by atoms with Gasteiger partial charge in [0.05, 0.1) is 18.3 Å². The fourth-order valence-electron chi connectivity index (χ4n) is 4.76. The van der Waals surface area contributed by atoms with Crippen LogP contribution in [-0.2, 0) is 22.5 Å². The van der Waals surface area contributed by atoms with Crippen molar-refractivity contribution in [3.05, 3.63) is 113 Å². The second-order valence-electron chi connectivity index (χ2n) is 10.1. The normalized spacial score (nSPS) is 13.3. The van der Waals surface area contributed by atoms with E-state index in [9.17, 15) is 18.8 Å². The summed E-state index contributed by atoms with van der Waals surface area (Å²) in [5.41, 5.74) is 10.3. The molecule has 4 N–H and O–H groups in total. The predicted molar refractivity (Wildman–Crippen MR) is 166 cm³/mol. The molecular weight excluding hydrogens is 567 g/mol. The van der Waals surface area contributed by atoms with Crippen molar-refractivity contribution in [2.45, 2.75) is 31.9 Å². The number of halogens is 1. The van der Waals surface area contributed by atoms with Crippen molar-refractivity contribution < 1.29 is 23.5 Å². The second kappa shape index (κ2) is 14.1. The van der Waals surface area contributed by atoms with Gasteiger partial charge in [-0.05, 0) is 89.1 Å². The number of carbonyl (C=O) groups excluding carboxylic acids is 3. The first kappa shape index (κ1) is 29.9. The molecule has 0 radical (unpaired) electrons. The fraction of sp³-hybridized carbons (Fsp3) is 0.212. The molecule has 220 valence electrons. The Morgan fingerprint density at radius 3 is 2.42 bits per heavy atom. The summed E-state index contributed by atoms with van der Waals surface area (Å²) >= 11 is 1.88. The number of nitrogens with one attached hydrogen (secondary N) is 2. The van der Waals surface area contributed by atoms with Gasteiger partial charge in [-0.2, -0.15) is 11.8 Å². The molecule has 0 bridgehead atoms. The number of thioether (sulfide) groups is 1. The molecule has 10 heteroatoms. The highest BCUT2D eigenvalue weighted by Crippen LogP contribution is 2.27. The van der Waals surface area contributed by atoms with Gasteiger partial charge in [0.2, 0.25) is 0 Å². The maximum atomic E-state index is 14.0. The zero-order chi connectivity index (χ0) is 30.2. The fourth-order valence-corrected chi connectivity index (χ4v) is 5.82. The SMILES string of the molecule is NCc1ccc(C(=O)Nc2ccncc2F)cc1-c1cccc(C(=O)Nc2ccc(CC(=O)OC3CCSCC3)cc2)c1. The summed E-state index contributed by atoms with van der Waals surface area (Å²) in [7, 11) is 0. The van der Waals surface area contributed by atoms with E-state index in [-0.39, 0.29) is 36.6 Å². The van der Waals surface area contributed by atoms with Crippen LogP contribution in [0.5, 0.6) is 0 Å². The highest BCUT2D eigenvalue weighted by Gasteiger charge is 2.18. The average Bonchev–Trinajstić information content (AvgIpc) is 3.03. The summed E-state index contributed by atoms with van der Waals surface area (Å²) in [5, 5.41) is 5.44. The van der Waals surface area contributed by atoms with Gasteiger partial charge in [0.25, 0.3) is 11.8 Å². The molecule has 1 fully saturated rings. The summed E-state index contributed by atoms with van der Waals surface area (Å²) in [6, 6.07) is 20.5. The molecule has 0 spiro atoms. The van der Waals surface area contributed by atoms with Crippen LogP contribution in [0.15, 0.2) is 85.2 Å². The van der Waals surface area contributed by atoms with Crippen molar-refractivity contribution in [2.75, 3.05) is 22.1 Å². The Morgan fingerprint density at radius 1 is 0.930 bits per heavy atom. The lowest BCUT2D eigenvalue weighted by Gasteiger charge is -2.21. The Bertz CT molecular complexity index is 1620. The van der Waals surface area contributed by atoms with E-state index < -0.39 is 11.7 Å². The number of hydrogen-bond donors (Lipinski definition) is 3. The van der Waals surface area contributed by atoms with Crippen LogP contribution < -0.4 is 16.4 Å². The lowest BCUT2D eigenvalue weighted by molar-refractivity contribution is -0.148. The van der Waals surface area contributed by atoms with E-state index in [4.69, 9.17) is 10.5 Å². The number of aromatic nitrogens is 1. The Hall–Kier alpha value is -4.54. The number of hydrogen-bond acceptors (Lipinski definition) is 7. The van der Waals surface area contributed by atoms with Crippen molar-refractivity contribution in [3.63, 3.8) is 0 Å². The third-order valence-corrected chi connectivity index (χ3v) is 8.12. The highest BCUT2D eigenvalue weighted by atomic mass is 32.2. The van der Waals surface area contributed by atoms with Crippen LogP contribution in [0, 0.1) is 5.82 Å². The standard InChI is InChI=1S/C33H31FN4O4S/c34-29-20-36-13-10-30(29)38-33(41)24-6-7-25(19-35)28(18-24)22-2-1-3-23(17-22)32(40)37-26-8-4-21(5-9-26)16-31(39)42-27-11-14-43-15-12-27/h1-10,13,17-18,20,27H,11-12,14-16,19,35H2,(H,37,40)(H,36,38,41). The van der Waals surface area contributed by atoms with Gasteiger partial charge in [-0.1, -0.05) is 30.3 Å². The number of carbonyl (C=O) groups is 3. The summed E-state index contributed by atoms with van der Waals surface area (Å²) < 4.78 is 19.6. The molecule has 8 nitrogen and oxygen atoms in total. The third-order valence-electron chi connectivity index (χ3n) is 7.08. The zero-order valence-electron chi connectivity index (χ0n) is 23.3. The molecule has 1 saturated heterocycles. The zero-order valence-corrected chi connectivity index (χ0v) is 24.2. The molecule has 4 aromatic rings. The van der Waals surface area contributed by atoms with E-state index in [1.165, 1.54) is 12.3 Å². The summed E-state index contributed by atoms with van der Waals surface area (Å²) in [5.74, 6) is 0.340. The number of esters is 1.